The third-order valence-electron chi connectivity index (χ3n) is 4.82. The maximum Gasteiger partial charge on any atom is 0.342 e. The number of phenols is 2. The number of benzene rings is 1. The molecule has 144 valence electrons. The van der Waals surface area contributed by atoms with Gasteiger partial charge in [-0.2, -0.15) is 0 Å². The zero-order valence-corrected chi connectivity index (χ0v) is 15.4. The fourth-order valence-electron chi connectivity index (χ4n) is 3.34. The Morgan fingerprint density at radius 1 is 1.22 bits per heavy atom. The summed E-state index contributed by atoms with van der Waals surface area (Å²) >= 11 is 0. The molecular weight excluding hydrogens is 350 g/mol. The van der Waals surface area contributed by atoms with Crippen molar-refractivity contribution in [1.82, 2.24) is 4.57 Å². The van der Waals surface area contributed by atoms with Gasteiger partial charge in [0.1, 0.15) is 17.1 Å². The second-order valence-corrected chi connectivity index (χ2v) is 6.73. The molecule has 0 spiro atoms. The number of phenolic OH excluding ortho intramolecular Hbond substituents is 2. The van der Waals surface area contributed by atoms with E-state index in [1.807, 2.05) is 13.8 Å². The number of esters is 1. The third-order valence-corrected chi connectivity index (χ3v) is 4.82. The van der Waals surface area contributed by atoms with Crippen molar-refractivity contribution in [3.63, 3.8) is 0 Å². The minimum absolute atomic E-state index is 0.107. The van der Waals surface area contributed by atoms with Gasteiger partial charge in [-0.1, -0.05) is 0 Å². The fourth-order valence-corrected chi connectivity index (χ4v) is 3.34. The molecule has 0 bridgehead atoms. The molecule has 7 nitrogen and oxygen atoms in total. The van der Waals surface area contributed by atoms with E-state index in [0.29, 0.717) is 12.1 Å². The van der Waals surface area contributed by atoms with Gasteiger partial charge in [0.25, 0.3) is 0 Å². The Balaban J connectivity index is 1.66. The quantitative estimate of drug-likeness (QED) is 0.597. The summed E-state index contributed by atoms with van der Waals surface area (Å²) in [5.41, 5.74) is 2.17. The summed E-state index contributed by atoms with van der Waals surface area (Å²) in [7, 11) is 0. The maximum absolute atomic E-state index is 12.5. The molecule has 1 unspecified atom stereocenters. The molecule has 7 heteroatoms. The first-order valence-electron chi connectivity index (χ1n) is 8.87. The van der Waals surface area contributed by atoms with Crippen LogP contribution in [0.15, 0.2) is 24.3 Å². The van der Waals surface area contributed by atoms with Crippen LogP contribution in [0.5, 0.6) is 11.5 Å². The van der Waals surface area contributed by atoms with Crippen molar-refractivity contribution < 1.29 is 29.3 Å². The summed E-state index contributed by atoms with van der Waals surface area (Å²) in [6.45, 7) is 4.84. The Kier molecular flexibility index (Phi) is 5.51. The molecule has 2 heterocycles. The van der Waals surface area contributed by atoms with Crippen LogP contribution in [-0.2, 0) is 16.0 Å². The van der Waals surface area contributed by atoms with E-state index < -0.39 is 18.3 Å². The van der Waals surface area contributed by atoms with Crippen LogP contribution in [0.25, 0.3) is 0 Å². The van der Waals surface area contributed by atoms with Crippen LogP contribution in [0, 0.1) is 13.8 Å². The number of carbonyl (C=O) groups excluding carboxylic acids is 2. The van der Waals surface area contributed by atoms with Gasteiger partial charge < -0.3 is 24.3 Å². The van der Waals surface area contributed by atoms with E-state index in [1.54, 1.807) is 6.07 Å². The van der Waals surface area contributed by atoms with Gasteiger partial charge in [0.05, 0.1) is 6.10 Å². The van der Waals surface area contributed by atoms with E-state index >= 15 is 0 Å². The van der Waals surface area contributed by atoms with Crippen molar-refractivity contribution in [2.75, 3.05) is 13.2 Å². The van der Waals surface area contributed by atoms with Gasteiger partial charge in [0.2, 0.25) is 5.78 Å². The summed E-state index contributed by atoms with van der Waals surface area (Å²) in [4.78, 5) is 24.6. The zero-order valence-electron chi connectivity index (χ0n) is 15.4. The Bertz CT molecular complexity index is 864. The molecule has 1 aliphatic rings. The number of Topliss-reactive ketones (excluding diaryl/α,β-unsaturated/α-hetero) is 1. The lowest BCUT2D eigenvalue weighted by atomic mass is 10.1. The molecule has 0 amide bonds. The maximum atomic E-state index is 12.5. The summed E-state index contributed by atoms with van der Waals surface area (Å²) in [5, 5.41) is 19.0. The molecule has 0 aliphatic carbocycles. The molecule has 1 atom stereocenters. The van der Waals surface area contributed by atoms with Gasteiger partial charge >= 0.3 is 5.97 Å². The standard InChI is InChI=1S/C20H23NO6/c1-12-8-17(13(2)21(12)10-15-4-3-7-26-15)19(24)11-27-20(25)16-6-5-14(22)9-18(16)23/h5-6,8-9,15,22-23H,3-4,7,10-11H2,1-2H3. The smallest absolute Gasteiger partial charge is 0.342 e. The fraction of sp³-hybridized carbons (Fsp3) is 0.400. The highest BCUT2D eigenvalue weighted by atomic mass is 16.5. The van der Waals surface area contributed by atoms with Gasteiger partial charge in [-0.3, -0.25) is 4.79 Å². The largest absolute Gasteiger partial charge is 0.508 e. The van der Waals surface area contributed by atoms with Crippen molar-refractivity contribution >= 4 is 11.8 Å². The zero-order chi connectivity index (χ0) is 19.6. The highest BCUT2D eigenvalue weighted by Crippen LogP contribution is 2.24. The van der Waals surface area contributed by atoms with E-state index in [0.717, 1.165) is 36.9 Å². The predicted molar refractivity (Wildman–Crippen MR) is 97.3 cm³/mol. The number of aryl methyl sites for hydroxylation is 1. The summed E-state index contributed by atoms with van der Waals surface area (Å²) in [6.07, 6.45) is 2.22. The number of carbonyl (C=O) groups is 2. The van der Waals surface area contributed by atoms with Gasteiger partial charge in [0.15, 0.2) is 6.61 Å². The van der Waals surface area contributed by atoms with E-state index in [2.05, 4.69) is 4.57 Å². The minimum atomic E-state index is -0.825. The summed E-state index contributed by atoms with van der Waals surface area (Å²) in [6, 6.07) is 5.33. The Morgan fingerprint density at radius 3 is 2.67 bits per heavy atom. The van der Waals surface area contributed by atoms with Crippen LogP contribution >= 0.6 is 0 Å². The first-order chi connectivity index (χ1) is 12.9. The molecule has 27 heavy (non-hydrogen) atoms. The molecule has 0 radical (unpaired) electrons. The molecular formula is C20H23NO6. The Hall–Kier alpha value is -2.80. The lowest BCUT2D eigenvalue weighted by molar-refractivity contribution is 0.0471. The van der Waals surface area contributed by atoms with Crippen LogP contribution in [0.3, 0.4) is 0 Å². The second kappa shape index (κ2) is 7.84. The Morgan fingerprint density at radius 2 is 2.00 bits per heavy atom. The monoisotopic (exact) mass is 373 g/mol. The van der Waals surface area contributed by atoms with E-state index in [1.165, 1.54) is 12.1 Å². The number of nitrogens with zero attached hydrogens (tertiary/aromatic N) is 1. The van der Waals surface area contributed by atoms with Crippen molar-refractivity contribution in [3.05, 3.63) is 46.8 Å². The van der Waals surface area contributed by atoms with Gasteiger partial charge in [-0.15, -0.1) is 0 Å². The number of ether oxygens (including phenoxy) is 2. The van der Waals surface area contributed by atoms with E-state index in [-0.39, 0.29) is 23.2 Å². The van der Waals surface area contributed by atoms with Crippen LogP contribution < -0.4 is 0 Å². The normalized spacial score (nSPS) is 16.4. The molecule has 1 aliphatic heterocycles. The number of rotatable bonds is 6. The predicted octanol–water partition coefficient (Wildman–Crippen LogP) is 2.73. The van der Waals surface area contributed by atoms with Crippen LogP contribution in [-0.4, -0.2) is 45.9 Å². The average molecular weight is 373 g/mol. The number of hydrogen-bond acceptors (Lipinski definition) is 6. The van der Waals surface area contributed by atoms with E-state index in [9.17, 15) is 19.8 Å². The molecule has 2 aromatic rings. The molecule has 1 aromatic heterocycles. The first-order valence-corrected chi connectivity index (χ1v) is 8.87. The van der Waals surface area contributed by atoms with Crippen molar-refractivity contribution in [1.29, 1.82) is 0 Å². The van der Waals surface area contributed by atoms with Crippen LogP contribution in [0.2, 0.25) is 0 Å². The molecule has 0 saturated carbocycles. The molecule has 3 rings (SSSR count). The highest BCUT2D eigenvalue weighted by molar-refractivity contribution is 6.01. The number of aromatic hydroxyl groups is 2. The molecule has 1 fully saturated rings. The number of ketones is 1. The number of hydrogen-bond donors (Lipinski definition) is 2. The molecule has 1 saturated heterocycles. The SMILES string of the molecule is Cc1cc(C(=O)COC(=O)c2ccc(O)cc2O)c(C)n1CC1CCCO1. The summed E-state index contributed by atoms with van der Waals surface area (Å²) < 4.78 is 12.8. The Labute approximate surface area is 157 Å². The minimum Gasteiger partial charge on any atom is -0.508 e. The molecule has 1 aromatic carbocycles. The summed E-state index contributed by atoms with van der Waals surface area (Å²) in [5.74, 6) is -1.71. The third kappa shape index (κ3) is 4.14. The van der Waals surface area contributed by atoms with Crippen molar-refractivity contribution in [2.45, 2.75) is 39.3 Å². The number of aromatic nitrogens is 1. The van der Waals surface area contributed by atoms with Gasteiger partial charge in [-0.25, -0.2) is 4.79 Å². The first kappa shape index (κ1) is 19.0. The lowest BCUT2D eigenvalue weighted by Crippen LogP contribution is -2.18. The van der Waals surface area contributed by atoms with Crippen molar-refractivity contribution in [2.24, 2.45) is 0 Å². The lowest BCUT2D eigenvalue weighted by Gasteiger charge is -2.14. The highest BCUT2D eigenvalue weighted by Gasteiger charge is 2.22. The van der Waals surface area contributed by atoms with Crippen molar-refractivity contribution in [3.8, 4) is 11.5 Å². The average Bonchev–Trinajstić information content (AvgIpc) is 3.23. The van der Waals surface area contributed by atoms with E-state index in [4.69, 9.17) is 9.47 Å². The topological polar surface area (TPSA) is 98.0 Å². The van der Waals surface area contributed by atoms with Crippen LogP contribution in [0.4, 0.5) is 0 Å². The van der Waals surface area contributed by atoms with Gasteiger partial charge in [-0.05, 0) is 44.9 Å². The van der Waals surface area contributed by atoms with Gasteiger partial charge in [0, 0.05) is 36.2 Å². The van der Waals surface area contributed by atoms with Crippen LogP contribution in [0.1, 0.15) is 44.9 Å². The molecule has 2 N–H and O–H groups in total. The second-order valence-electron chi connectivity index (χ2n) is 6.73.